The summed E-state index contributed by atoms with van der Waals surface area (Å²) in [6.07, 6.45) is 6.76. The molecule has 4 nitrogen and oxygen atoms in total. The molecule has 21 heavy (non-hydrogen) atoms. The molecule has 0 radical (unpaired) electrons. The van der Waals surface area contributed by atoms with Gasteiger partial charge in [0.15, 0.2) is 0 Å². The van der Waals surface area contributed by atoms with Gasteiger partial charge in [-0.1, -0.05) is 12.8 Å². The second-order valence-electron chi connectivity index (χ2n) is 6.36. The first kappa shape index (κ1) is 17.1. The van der Waals surface area contributed by atoms with E-state index in [9.17, 15) is 4.79 Å². The lowest BCUT2D eigenvalue weighted by atomic mass is 9.83. The van der Waals surface area contributed by atoms with Gasteiger partial charge in [0.25, 0.3) is 0 Å². The van der Waals surface area contributed by atoms with Crippen LogP contribution < -0.4 is 10.6 Å². The minimum Gasteiger partial charge on any atom is -0.382 e. The van der Waals surface area contributed by atoms with E-state index in [2.05, 4.69) is 10.6 Å². The molecule has 0 bridgehead atoms. The Hall–Kier alpha value is -0.260. The number of rotatable bonds is 8. The van der Waals surface area contributed by atoms with Gasteiger partial charge in [-0.25, -0.2) is 0 Å². The molecule has 1 saturated carbocycles. The van der Waals surface area contributed by atoms with E-state index in [0.717, 1.165) is 38.5 Å². The van der Waals surface area contributed by atoms with Gasteiger partial charge in [0, 0.05) is 50.3 Å². The number of nitrogens with one attached hydrogen (secondary N) is 2. The Morgan fingerprint density at radius 3 is 2.90 bits per heavy atom. The van der Waals surface area contributed by atoms with E-state index in [0.29, 0.717) is 17.9 Å². The SMILES string of the molecule is CCOCCC1(CNC(=O)CC2CSCCN2)CCCC1. The Kier molecular flexibility index (Phi) is 7.34. The molecule has 5 heteroatoms. The number of amides is 1. The quantitative estimate of drug-likeness (QED) is 0.674. The average molecular weight is 314 g/mol. The van der Waals surface area contributed by atoms with E-state index in [1.54, 1.807) is 0 Å². The highest BCUT2D eigenvalue weighted by Gasteiger charge is 2.33. The van der Waals surface area contributed by atoms with E-state index in [4.69, 9.17) is 4.74 Å². The van der Waals surface area contributed by atoms with Gasteiger partial charge < -0.3 is 15.4 Å². The van der Waals surface area contributed by atoms with E-state index in [1.807, 2.05) is 18.7 Å². The Morgan fingerprint density at radius 1 is 1.43 bits per heavy atom. The molecule has 0 aromatic rings. The summed E-state index contributed by atoms with van der Waals surface area (Å²) in [7, 11) is 0. The zero-order chi connectivity index (χ0) is 15.0. The summed E-state index contributed by atoms with van der Waals surface area (Å²) in [5.74, 6) is 2.43. The zero-order valence-electron chi connectivity index (χ0n) is 13.3. The number of carbonyl (C=O) groups excluding carboxylic acids is 1. The molecule has 2 N–H and O–H groups in total. The molecule has 2 aliphatic rings. The summed E-state index contributed by atoms with van der Waals surface area (Å²) in [6, 6.07) is 0.353. The van der Waals surface area contributed by atoms with E-state index >= 15 is 0 Å². The molecule has 1 aliphatic heterocycles. The number of hydrogen-bond donors (Lipinski definition) is 2. The van der Waals surface area contributed by atoms with Crippen LogP contribution in [0.3, 0.4) is 0 Å². The predicted octanol–water partition coefficient (Wildman–Crippen LogP) is 2.18. The number of carbonyl (C=O) groups is 1. The maximum Gasteiger partial charge on any atom is 0.221 e. The van der Waals surface area contributed by atoms with Crippen LogP contribution in [0, 0.1) is 5.41 Å². The van der Waals surface area contributed by atoms with Crippen LogP contribution in [0.2, 0.25) is 0 Å². The summed E-state index contributed by atoms with van der Waals surface area (Å²) >= 11 is 1.94. The number of ether oxygens (including phenoxy) is 1. The maximum atomic E-state index is 12.1. The van der Waals surface area contributed by atoms with Crippen molar-refractivity contribution in [1.82, 2.24) is 10.6 Å². The molecular formula is C16H30N2O2S. The van der Waals surface area contributed by atoms with Crippen molar-refractivity contribution in [3.05, 3.63) is 0 Å². The normalized spacial score (nSPS) is 24.9. The Balaban J connectivity index is 1.71. The monoisotopic (exact) mass is 314 g/mol. The first-order chi connectivity index (χ1) is 10.2. The van der Waals surface area contributed by atoms with Crippen molar-refractivity contribution >= 4 is 17.7 Å². The Labute approximate surface area is 133 Å². The van der Waals surface area contributed by atoms with Gasteiger partial charge in [0.2, 0.25) is 5.91 Å². The molecule has 1 unspecified atom stereocenters. The molecule has 1 heterocycles. The second kappa shape index (κ2) is 9.01. The fourth-order valence-corrected chi connectivity index (χ4v) is 4.36. The number of thioether (sulfide) groups is 1. The highest BCUT2D eigenvalue weighted by molar-refractivity contribution is 7.99. The summed E-state index contributed by atoms with van der Waals surface area (Å²) in [4.78, 5) is 12.1. The van der Waals surface area contributed by atoms with Crippen LogP contribution in [0.15, 0.2) is 0 Å². The van der Waals surface area contributed by atoms with Crippen molar-refractivity contribution < 1.29 is 9.53 Å². The van der Waals surface area contributed by atoms with Gasteiger partial charge in [-0.2, -0.15) is 11.8 Å². The third-order valence-corrected chi connectivity index (χ3v) is 5.87. The van der Waals surface area contributed by atoms with Crippen LogP contribution >= 0.6 is 11.8 Å². The zero-order valence-corrected chi connectivity index (χ0v) is 14.1. The van der Waals surface area contributed by atoms with Crippen LogP contribution in [0.4, 0.5) is 0 Å². The molecule has 1 amide bonds. The van der Waals surface area contributed by atoms with Crippen LogP contribution in [0.5, 0.6) is 0 Å². The highest BCUT2D eigenvalue weighted by atomic mass is 32.2. The standard InChI is InChI=1S/C16H30N2O2S/c1-2-20-9-7-16(5-3-4-6-16)13-18-15(19)11-14-12-21-10-8-17-14/h14,17H,2-13H2,1H3,(H,18,19). The minimum absolute atomic E-state index is 0.206. The van der Waals surface area contributed by atoms with E-state index < -0.39 is 0 Å². The first-order valence-corrected chi connectivity index (χ1v) is 9.55. The summed E-state index contributed by atoms with van der Waals surface area (Å²) in [6.45, 7) is 5.51. The first-order valence-electron chi connectivity index (χ1n) is 8.40. The Bertz CT molecular complexity index is 313. The smallest absolute Gasteiger partial charge is 0.221 e. The summed E-state index contributed by atoms with van der Waals surface area (Å²) in [5.41, 5.74) is 0.291. The van der Waals surface area contributed by atoms with E-state index in [1.165, 1.54) is 31.4 Å². The van der Waals surface area contributed by atoms with Gasteiger partial charge >= 0.3 is 0 Å². The topological polar surface area (TPSA) is 50.4 Å². The van der Waals surface area contributed by atoms with Crippen molar-refractivity contribution in [3.63, 3.8) is 0 Å². The van der Waals surface area contributed by atoms with Crippen LogP contribution in [0.1, 0.15) is 45.4 Å². The van der Waals surface area contributed by atoms with Crippen LogP contribution in [-0.4, -0.2) is 49.8 Å². The molecule has 0 aromatic heterocycles. The highest BCUT2D eigenvalue weighted by Crippen LogP contribution is 2.40. The lowest BCUT2D eigenvalue weighted by Crippen LogP contribution is -2.43. The van der Waals surface area contributed by atoms with Crippen LogP contribution in [-0.2, 0) is 9.53 Å². The summed E-state index contributed by atoms with van der Waals surface area (Å²) in [5, 5.41) is 6.62. The van der Waals surface area contributed by atoms with Crippen molar-refractivity contribution in [3.8, 4) is 0 Å². The largest absolute Gasteiger partial charge is 0.382 e. The molecule has 2 fully saturated rings. The van der Waals surface area contributed by atoms with Gasteiger partial charge in [-0.05, 0) is 31.6 Å². The third-order valence-electron chi connectivity index (χ3n) is 4.74. The molecule has 0 aromatic carbocycles. The lowest BCUT2D eigenvalue weighted by Gasteiger charge is -2.30. The molecule has 122 valence electrons. The van der Waals surface area contributed by atoms with Crippen molar-refractivity contribution in [2.75, 3.05) is 37.8 Å². The van der Waals surface area contributed by atoms with Crippen molar-refractivity contribution in [2.45, 2.75) is 51.5 Å². The summed E-state index contributed by atoms with van der Waals surface area (Å²) < 4.78 is 5.52. The molecule has 1 atom stereocenters. The van der Waals surface area contributed by atoms with Crippen LogP contribution in [0.25, 0.3) is 0 Å². The molecular weight excluding hydrogens is 284 g/mol. The van der Waals surface area contributed by atoms with Gasteiger partial charge in [-0.15, -0.1) is 0 Å². The second-order valence-corrected chi connectivity index (χ2v) is 7.51. The molecule has 1 aliphatic carbocycles. The van der Waals surface area contributed by atoms with Gasteiger partial charge in [0.1, 0.15) is 0 Å². The van der Waals surface area contributed by atoms with Crippen molar-refractivity contribution in [2.24, 2.45) is 5.41 Å². The maximum absolute atomic E-state index is 12.1. The van der Waals surface area contributed by atoms with Crippen molar-refractivity contribution in [1.29, 1.82) is 0 Å². The third kappa shape index (κ3) is 5.80. The minimum atomic E-state index is 0.206. The lowest BCUT2D eigenvalue weighted by molar-refractivity contribution is -0.122. The fraction of sp³-hybridized carbons (Fsp3) is 0.938. The fourth-order valence-electron chi connectivity index (χ4n) is 3.41. The predicted molar refractivity (Wildman–Crippen MR) is 88.8 cm³/mol. The average Bonchev–Trinajstić information content (AvgIpc) is 2.96. The molecule has 0 spiro atoms. The van der Waals surface area contributed by atoms with Gasteiger partial charge in [-0.3, -0.25) is 4.79 Å². The Morgan fingerprint density at radius 2 is 2.24 bits per heavy atom. The molecule has 1 saturated heterocycles. The van der Waals surface area contributed by atoms with E-state index in [-0.39, 0.29) is 5.91 Å². The van der Waals surface area contributed by atoms with Gasteiger partial charge in [0.05, 0.1) is 0 Å². The molecule has 2 rings (SSSR count). The number of hydrogen-bond acceptors (Lipinski definition) is 4.